The molecule has 7 heteroatoms. The molecule has 2 aromatic carbocycles. The van der Waals surface area contributed by atoms with E-state index >= 15 is 0 Å². The highest BCUT2D eigenvalue weighted by Gasteiger charge is 2.11. The first-order valence-corrected chi connectivity index (χ1v) is 8.85. The van der Waals surface area contributed by atoms with E-state index < -0.39 is 11.9 Å². The summed E-state index contributed by atoms with van der Waals surface area (Å²) in [5.41, 5.74) is 2.05. The molecule has 0 fully saturated rings. The molecule has 0 aromatic heterocycles. The van der Waals surface area contributed by atoms with E-state index in [4.69, 9.17) is 5.11 Å². The molecule has 0 aliphatic carbocycles. The number of carbonyl (C=O) groups is 2. The smallest absolute Gasteiger partial charge is 0.335 e. The van der Waals surface area contributed by atoms with Gasteiger partial charge in [-0.15, -0.1) is 0 Å². The predicted molar refractivity (Wildman–Crippen MR) is 109 cm³/mol. The Labute approximate surface area is 163 Å². The van der Waals surface area contributed by atoms with Gasteiger partial charge >= 0.3 is 5.97 Å². The molecule has 0 heterocycles. The van der Waals surface area contributed by atoms with Crippen LogP contribution in [0, 0.1) is 11.3 Å². The van der Waals surface area contributed by atoms with Gasteiger partial charge in [-0.3, -0.25) is 4.79 Å². The number of amides is 1. The quantitative estimate of drug-likeness (QED) is 0.478. The Balaban J connectivity index is 2.07. The molecule has 0 spiro atoms. The van der Waals surface area contributed by atoms with Crippen molar-refractivity contribution in [3.63, 3.8) is 0 Å². The molecule has 0 saturated carbocycles. The van der Waals surface area contributed by atoms with Crippen LogP contribution in [0.25, 0.3) is 0 Å². The first-order chi connectivity index (χ1) is 13.5. The Bertz CT molecular complexity index is 910. The maximum absolute atomic E-state index is 12.3. The molecule has 2 rings (SSSR count). The lowest BCUT2D eigenvalue weighted by Crippen LogP contribution is -2.21. The van der Waals surface area contributed by atoms with Crippen LogP contribution >= 0.6 is 0 Å². The molecule has 144 valence electrons. The zero-order chi connectivity index (χ0) is 20.5. The molecule has 3 N–H and O–H groups in total. The van der Waals surface area contributed by atoms with E-state index in [0.29, 0.717) is 5.69 Å². The van der Waals surface area contributed by atoms with Crippen LogP contribution in [-0.4, -0.2) is 30.1 Å². The van der Waals surface area contributed by atoms with E-state index in [1.807, 2.05) is 30.3 Å². The molecule has 28 heavy (non-hydrogen) atoms. The fourth-order valence-corrected chi connectivity index (χ4v) is 2.59. The van der Waals surface area contributed by atoms with Gasteiger partial charge < -0.3 is 20.6 Å². The summed E-state index contributed by atoms with van der Waals surface area (Å²) in [4.78, 5) is 25.5. The van der Waals surface area contributed by atoms with Gasteiger partial charge in [-0.1, -0.05) is 6.07 Å². The number of carbonyl (C=O) groups excluding carboxylic acids is 1. The van der Waals surface area contributed by atoms with Gasteiger partial charge in [0.15, 0.2) is 0 Å². The summed E-state index contributed by atoms with van der Waals surface area (Å²) < 4.78 is 0. The van der Waals surface area contributed by atoms with E-state index in [2.05, 4.69) is 29.4 Å². The average Bonchev–Trinajstić information content (AvgIpc) is 2.70. The van der Waals surface area contributed by atoms with Crippen molar-refractivity contribution in [2.24, 2.45) is 0 Å². The second-order valence-corrected chi connectivity index (χ2v) is 5.87. The Kier molecular flexibility index (Phi) is 7.17. The monoisotopic (exact) mass is 378 g/mol. The fourth-order valence-electron chi connectivity index (χ4n) is 2.59. The first kappa shape index (κ1) is 20.5. The minimum atomic E-state index is -1.10. The average molecular weight is 378 g/mol. The maximum Gasteiger partial charge on any atom is 0.335 e. The minimum absolute atomic E-state index is 0.0479. The van der Waals surface area contributed by atoms with Crippen molar-refractivity contribution in [1.29, 1.82) is 5.26 Å². The number of benzene rings is 2. The second kappa shape index (κ2) is 9.78. The molecule has 0 aliphatic heterocycles. The van der Waals surface area contributed by atoms with Crippen molar-refractivity contribution in [1.82, 2.24) is 0 Å². The summed E-state index contributed by atoms with van der Waals surface area (Å²) in [5.74, 6) is -1.72. The molecule has 0 radical (unpaired) electrons. The lowest BCUT2D eigenvalue weighted by atomic mass is 10.2. The summed E-state index contributed by atoms with van der Waals surface area (Å²) in [6.07, 6.45) is 1.32. The van der Waals surface area contributed by atoms with Gasteiger partial charge in [-0.05, 0) is 56.3 Å². The summed E-state index contributed by atoms with van der Waals surface area (Å²) in [5, 5.41) is 23.7. The van der Waals surface area contributed by atoms with Crippen LogP contribution in [0.3, 0.4) is 0 Å². The Morgan fingerprint density at radius 2 is 1.79 bits per heavy atom. The number of nitrogens with one attached hydrogen (secondary N) is 2. The lowest BCUT2D eigenvalue weighted by Gasteiger charge is -2.21. The van der Waals surface area contributed by atoms with Crippen molar-refractivity contribution in [2.45, 2.75) is 13.8 Å². The molecule has 0 atom stereocenters. The molecular weight excluding hydrogens is 356 g/mol. The van der Waals surface area contributed by atoms with Crippen molar-refractivity contribution >= 4 is 28.9 Å². The lowest BCUT2D eigenvalue weighted by molar-refractivity contribution is -0.112. The Hall–Kier alpha value is -3.79. The third kappa shape index (κ3) is 5.35. The number of hydrogen-bond donors (Lipinski definition) is 3. The van der Waals surface area contributed by atoms with E-state index in [-0.39, 0.29) is 11.1 Å². The summed E-state index contributed by atoms with van der Waals surface area (Å²) in [6, 6.07) is 15.3. The first-order valence-electron chi connectivity index (χ1n) is 8.85. The number of carboxylic acids is 1. The number of aromatic carboxylic acids is 1. The van der Waals surface area contributed by atoms with E-state index in [1.54, 1.807) is 6.07 Å². The standard InChI is InChI=1S/C21H22N4O3/c1-3-25(4-2)19-10-8-17(9-11-19)23-14-16(13-22)20(26)24-18-7-5-6-15(12-18)21(27)28/h5-12,14,23H,3-4H2,1-2H3,(H,24,26)(H,27,28)/b16-14-. The van der Waals surface area contributed by atoms with Gasteiger partial charge in [0.1, 0.15) is 11.6 Å². The number of carboxylic acid groups (broad SMARTS) is 1. The van der Waals surface area contributed by atoms with Crippen molar-refractivity contribution < 1.29 is 14.7 Å². The summed E-state index contributed by atoms with van der Waals surface area (Å²) in [7, 11) is 0. The number of hydrogen-bond acceptors (Lipinski definition) is 5. The molecule has 0 unspecified atom stereocenters. The zero-order valence-electron chi connectivity index (χ0n) is 15.8. The number of nitriles is 1. The molecule has 0 aliphatic rings. The van der Waals surface area contributed by atoms with Crippen LogP contribution in [0.5, 0.6) is 0 Å². The van der Waals surface area contributed by atoms with E-state index in [0.717, 1.165) is 24.5 Å². The van der Waals surface area contributed by atoms with Crippen LogP contribution in [0.2, 0.25) is 0 Å². The Morgan fingerprint density at radius 1 is 1.11 bits per heavy atom. The second-order valence-electron chi connectivity index (χ2n) is 5.87. The van der Waals surface area contributed by atoms with Crippen molar-refractivity contribution in [3.8, 4) is 6.07 Å². The summed E-state index contributed by atoms with van der Waals surface area (Å²) in [6.45, 7) is 5.99. The topological polar surface area (TPSA) is 105 Å². The van der Waals surface area contributed by atoms with Crippen LogP contribution in [0.4, 0.5) is 17.1 Å². The van der Waals surface area contributed by atoms with Gasteiger partial charge in [-0.2, -0.15) is 5.26 Å². The third-order valence-corrected chi connectivity index (χ3v) is 4.11. The highest BCUT2D eigenvalue weighted by atomic mass is 16.4. The van der Waals surface area contributed by atoms with Gasteiger partial charge in [0, 0.05) is 36.4 Å². The van der Waals surface area contributed by atoms with Crippen molar-refractivity contribution in [3.05, 3.63) is 65.9 Å². The van der Waals surface area contributed by atoms with Crippen LogP contribution < -0.4 is 15.5 Å². The van der Waals surface area contributed by atoms with Gasteiger partial charge in [0.25, 0.3) is 5.91 Å². The highest BCUT2D eigenvalue weighted by Crippen LogP contribution is 2.18. The molecule has 7 nitrogen and oxygen atoms in total. The minimum Gasteiger partial charge on any atom is -0.478 e. The van der Waals surface area contributed by atoms with E-state index in [1.165, 1.54) is 24.4 Å². The van der Waals surface area contributed by atoms with Gasteiger partial charge in [-0.25, -0.2) is 4.79 Å². The zero-order valence-corrected chi connectivity index (χ0v) is 15.8. The summed E-state index contributed by atoms with van der Waals surface area (Å²) >= 11 is 0. The maximum atomic E-state index is 12.3. The van der Waals surface area contributed by atoms with Crippen LogP contribution in [0.1, 0.15) is 24.2 Å². The molecule has 0 saturated heterocycles. The number of nitrogens with zero attached hydrogens (tertiary/aromatic N) is 2. The van der Waals surface area contributed by atoms with Crippen LogP contribution in [0.15, 0.2) is 60.3 Å². The number of anilines is 3. The fraction of sp³-hybridized carbons (Fsp3) is 0.190. The van der Waals surface area contributed by atoms with Crippen LogP contribution in [-0.2, 0) is 4.79 Å². The van der Waals surface area contributed by atoms with Gasteiger partial charge in [0.05, 0.1) is 5.56 Å². The predicted octanol–water partition coefficient (Wildman–Crippen LogP) is 3.69. The molecular formula is C21H22N4O3. The van der Waals surface area contributed by atoms with E-state index in [9.17, 15) is 14.9 Å². The van der Waals surface area contributed by atoms with Crippen molar-refractivity contribution in [2.75, 3.05) is 28.6 Å². The highest BCUT2D eigenvalue weighted by molar-refractivity contribution is 6.07. The largest absolute Gasteiger partial charge is 0.478 e. The molecule has 0 bridgehead atoms. The SMILES string of the molecule is CCN(CC)c1ccc(N/C=C(/C#N)C(=O)Nc2cccc(C(=O)O)c2)cc1. The molecule has 2 aromatic rings. The Morgan fingerprint density at radius 3 is 2.36 bits per heavy atom. The molecule has 1 amide bonds. The number of rotatable bonds is 8. The van der Waals surface area contributed by atoms with Gasteiger partial charge in [0.2, 0.25) is 0 Å². The third-order valence-electron chi connectivity index (χ3n) is 4.11. The normalized spacial score (nSPS) is 10.7.